The van der Waals surface area contributed by atoms with Crippen molar-refractivity contribution in [2.24, 2.45) is 11.8 Å². The highest BCUT2D eigenvalue weighted by Gasteiger charge is 2.37. The third kappa shape index (κ3) is 3.62. The number of hydrogen-bond acceptors (Lipinski definition) is 6. The summed E-state index contributed by atoms with van der Waals surface area (Å²) >= 11 is 0. The van der Waals surface area contributed by atoms with Gasteiger partial charge in [-0.05, 0) is 42.9 Å². The molecule has 6 heteroatoms. The first kappa shape index (κ1) is 18.1. The first-order valence-electron chi connectivity index (χ1n) is 9.90. The summed E-state index contributed by atoms with van der Waals surface area (Å²) in [6, 6.07) is 8.79. The van der Waals surface area contributed by atoms with Crippen molar-refractivity contribution in [3.63, 3.8) is 0 Å². The highest BCUT2D eigenvalue weighted by atomic mass is 16.5. The van der Waals surface area contributed by atoms with E-state index in [-0.39, 0.29) is 0 Å². The maximum absolute atomic E-state index is 9.21. The Bertz CT molecular complexity index is 842. The van der Waals surface area contributed by atoms with Gasteiger partial charge in [0.1, 0.15) is 12.1 Å². The van der Waals surface area contributed by atoms with Gasteiger partial charge < -0.3 is 10.1 Å². The minimum Gasteiger partial charge on any atom is -0.379 e. The average molecular weight is 365 g/mol. The normalized spacial score (nSPS) is 29.4. The van der Waals surface area contributed by atoms with Crippen LogP contribution in [-0.4, -0.2) is 53.3 Å². The second kappa shape index (κ2) is 7.79. The lowest BCUT2D eigenvalue weighted by Gasteiger charge is -2.46. The highest BCUT2D eigenvalue weighted by Crippen LogP contribution is 2.35. The molecule has 1 aromatic heterocycles. The van der Waals surface area contributed by atoms with Gasteiger partial charge in [-0.1, -0.05) is 13.8 Å². The van der Waals surface area contributed by atoms with E-state index in [2.05, 4.69) is 40.1 Å². The maximum Gasteiger partial charge on any atom is 0.137 e. The third-order valence-corrected chi connectivity index (χ3v) is 6.45. The van der Waals surface area contributed by atoms with E-state index in [1.165, 1.54) is 6.42 Å². The van der Waals surface area contributed by atoms with Crippen molar-refractivity contribution in [2.75, 3.05) is 31.6 Å². The Morgan fingerprint density at radius 3 is 2.74 bits per heavy atom. The number of aromatic nitrogens is 2. The van der Waals surface area contributed by atoms with Crippen LogP contribution in [0.25, 0.3) is 10.9 Å². The number of rotatable bonds is 3. The molecule has 4 rings (SSSR count). The van der Waals surface area contributed by atoms with Crippen LogP contribution in [-0.2, 0) is 4.74 Å². The summed E-state index contributed by atoms with van der Waals surface area (Å²) in [5, 5.41) is 13.8. The number of ether oxygens (including phenoxy) is 1. The second-order valence-corrected chi connectivity index (χ2v) is 7.83. The third-order valence-electron chi connectivity index (χ3n) is 6.45. The lowest BCUT2D eigenvalue weighted by Crippen LogP contribution is -2.52. The van der Waals surface area contributed by atoms with E-state index in [0.717, 1.165) is 49.4 Å². The molecule has 0 radical (unpaired) electrons. The Hall–Kier alpha value is -2.23. The zero-order valence-corrected chi connectivity index (χ0v) is 16.1. The maximum atomic E-state index is 9.21. The van der Waals surface area contributed by atoms with E-state index in [1.807, 2.05) is 12.1 Å². The summed E-state index contributed by atoms with van der Waals surface area (Å²) in [6.45, 7) is 8.53. The molecule has 1 saturated carbocycles. The molecule has 1 aromatic carbocycles. The predicted octanol–water partition coefficient (Wildman–Crippen LogP) is 3.05. The Labute approximate surface area is 160 Å². The smallest absolute Gasteiger partial charge is 0.137 e. The molecule has 2 heterocycles. The fraction of sp³-hybridized carbons (Fsp3) is 0.571. The Kier molecular flexibility index (Phi) is 5.24. The molecular formula is C21H27N5O. The minimum atomic E-state index is 0.376. The predicted molar refractivity (Wildman–Crippen MR) is 105 cm³/mol. The zero-order valence-electron chi connectivity index (χ0n) is 16.1. The van der Waals surface area contributed by atoms with Gasteiger partial charge in [-0.3, -0.25) is 4.90 Å². The monoisotopic (exact) mass is 365 g/mol. The molecule has 6 nitrogen and oxygen atoms in total. The van der Waals surface area contributed by atoms with Crippen LogP contribution >= 0.6 is 0 Å². The number of nitrogens with one attached hydrogen (secondary N) is 1. The van der Waals surface area contributed by atoms with Gasteiger partial charge in [-0.25, -0.2) is 9.97 Å². The van der Waals surface area contributed by atoms with Gasteiger partial charge in [-0.2, -0.15) is 5.26 Å². The van der Waals surface area contributed by atoms with Gasteiger partial charge in [0.25, 0.3) is 0 Å². The van der Waals surface area contributed by atoms with Crippen LogP contribution in [0.15, 0.2) is 24.5 Å². The van der Waals surface area contributed by atoms with E-state index < -0.39 is 0 Å². The van der Waals surface area contributed by atoms with Crippen LogP contribution in [0.3, 0.4) is 0 Å². The summed E-state index contributed by atoms with van der Waals surface area (Å²) in [4.78, 5) is 11.4. The molecule has 3 unspecified atom stereocenters. The topological polar surface area (TPSA) is 74.1 Å². The number of hydrogen-bond donors (Lipinski definition) is 1. The van der Waals surface area contributed by atoms with Gasteiger partial charge >= 0.3 is 0 Å². The van der Waals surface area contributed by atoms with E-state index >= 15 is 0 Å². The van der Waals surface area contributed by atoms with Gasteiger partial charge in [-0.15, -0.1) is 0 Å². The van der Waals surface area contributed by atoms with Crippen molar-refractivity contribution in [1.82, 2.24) is 14.9 Å². The van der Waals surface area contributed by atoms with Crippen molar-refractivity contribution in [1.29, 1.82) is 5.26 Å². The SMILES string of the molecule is CC1C(Nc2ncnc3ccc(C#N)cc23)CCC(N2CCOCC2)[C@@H]1C. The largest absolute Gasteiger partial charge is 0.379 e. The molecule has 27 heavy (non-hydrogen) atoms. The van der Waals surface area contributed by atoms with Crippen molar-refractivity contribution >= 4 is 16.7 Å². The number of anilines is 1. The van der Waals surface area contributed by atoms with Crippen LogP contribution in [0.2, 0.25) is 0 Å². The molecule has 2 aliphatic rings. The zero-order chi connectivity index (χ0) is 18.8. The average Bonchev–Trinajstić information content (AvgIpc) is 2.72. The van der Waals surface area contributed by atoms with Crippen molar-refractivity contribution in [3.8, 4) is 6.07 Å². The van der Waals surface area contributed by atoms with Gasteiger partial charge in [0, 0.05) is 30.6 Å². The fourth-order valence-corrected chi connectivity index (χ4v) is 4.64. The number of morpholine rings is 1. The first-order valence-corrected chi connectivity index (χ1v) is 9.90. The molecule has 2 fully saturated rings. The number of nitriles is 1. The summed E-state index contributed by atoms with van der Waals surface area (Å²) < 4.78 is 5.52. The molecule has 4 atom stereocenters. The van der Waals surface area contributed by atoms with Gasteiger partial charge in [0.05, 0.1) is 30.4 Å². The molecule has 142 valence electrons. The molecule has 1 N–H and O–H groups in total. The van der Waals surface area contributed by atoms with Crippen LogP contribution < -0.4 is 5.32 Å². The first-order chi connectivity index (χ1) is 13.2. The molecule has 1 saturated heterocycles. The van der Waals surface area contributed by atoms with Crippen LogP contribution in [0, 0.1) is 23.2 Å². The van der Waals surface area contributed by atoms with Crippen LogP contribution in [0.1, 0.15) is 32.3 Å². The minimum absolute atomic E-state index is 0.376. The summed E-state index contributed by atoms with van der Waals surface area (Å²) in [5.74, 6) is 1.99. The molecule has 0 bridgehead atoms. The molecule has 1 aliphatic heterocycles. The fourth-order valence-electron chi connectivity index (χ4n) is 4.64. The highest BCUT2D eigenvalue weighted by molar-refractivity contribution is 5.89. The Morgan fingerprint density at radius 1 is 1.15 bits per heavy atom. The molecule has 0 spiro atoms. The quantitative estimate of drug-likeness (QED) is 0.901. The molecule has 1 aliphatic carbocycles. The second-order valence-electron chi connectivity index (χ2n) is 7.83. The number of fused-ring (bicyclic) bond motifs is 1. The lowest BCUT2D eigenvalue weighted by atomic mass is 9.74. The van der Waals surface area contributed by atoms with E-state index in [9.17, 15) is 5.26 Å². The lowest BCUT2D eigenvalue weighted by molar-refractivity contribution is -0.0153. The Balaban J connectivity index is 1.52. The number of benzene rings is 1. The molecule has 0 amide bonds. The van der Waals surface area contributed by atoms with Crippen LogP contribution in [0.4, 0.5) is 5.82 Å². The van der Waals surface area contributed by atoms with E-state index in [1.54, 1.807) is 12.4 Å². The standard InChI is InChI=1S/C21H27N5O/c1-14-15(2)20(26-7-9-27-10-8-26)6-5-18(14)25-21-17-11-16(12-22)3-4-19(17)23-13-24-21/h3-4,11,13-15,18,20H,5-10H2,1-2H3,(H,23,24,25)/t14?,15-,18?,20?/m1/s1. The number of nitrogens with zero attached hydrogens (tertiary/aromatic N) is 4. The summed E-state index contributed by atoms with van der Waals surface area (Å²) in [6.07, 6.45) is 3.91. The van der Waals surface area contributed by atoms with Crippen molar-refractivity contribution in [3.05, 3.63) is 30.1 Å². The van der Waals surface area contributed by atoms with Crippen LogP contribution in [0.5, 0.6) is 0 Å². The van der Waals surface area contributed by atoms with Crippen molar-refractivity contribution < 1.29 is 4.74 Å². The molecular weight excluding hydrogens is 338 g/mol. The summed E-state index contributed by atoms with van der Waals surface area (Å²) in [5.41, 5.74) is 1.51. The Morgan fingerprint density at radius 2 is 1.96 bits per heavy atom. The van der Waals surface area contributed by atoms with E-state index in [4.69, 9.17) is 4.74 Å². The summed E-state index contributed by atoms with van der Waals surface area (Å²) in [7, 11) is 0. The van der Waals surface area contributed by atoms with Gasteiger partial charge in [0.15, 0.2) is 0 Å². The van der Waals surface area contributed by atoms with Gasteiger partial charge in [0.2, 0.25) is 0 Å². The van der Waals surface area contributed by atoms with E-state index in [0.29, 0.717) is 29.5 Å². The van der Waals surface area contributed by atoms with Crippen molar-refractivity contribution in [2.45, 2.75) is 38.8 Å². The molecule has 2 aromatic rings.